The highest BCUT2D eigenvalue weighted by molar-refractivity contribution is 7.87. The molecule has 3 rings (SSSR count). The molecule has 2 aromatic rings. The summed E-state index contributed by atoms with van der Waals surface area (Å²) in [6.07, 6.45) is -5.90. The Kier molecular flexibility index (Phi) is 7.68. The van der Waals surface area contributed by atoms with Crippen LogP contribution in [0.1, 0.15) is 11.1 Å². The largest absolute Gasteiger partial charge is 0.523 e. The Labute approximate surface area is 177 Å². The maximum atomic E-state index is 12.8. The van der Waals surface area contributed by atoms with Crippen LogP contribution in [0, 0.1) is 0 Å². The fourth-order valence-corrected chi connectivity index (χ4v) is 3.57. The summed E-state index contributed by atoms with van der Waals surface area (Å²) in [5, 5.41) is 10.2. The molecule has 0 aliphatic carbocycles. The highest BCUT2D eigenvalue weighted by Crippen LogP contribution is 2.31. The Morgan fingerprint density at radius 1 is 0.903 bits per heavy atom. The van der Waals surface area contributed by atoms with Crippen LogP contribution < -0.4 is 0 Å². The van der Waals surface area contributed by atoms with Crippen molar-refractivity contribution in [3.63, 3.8) is 0 Å². The van der Waals surface area contributed by atoms with E-state index in [0.29, 0.717) is 5.56 Å². The predicted molar refractivity (Wildman–Crippen MR) is 102 cm³/mol. The Bertz CT molecular complexity index is 923. The number of benzene rings is 2. The minimum absolute atomic E-state index is 0.0180. The summed E-state index contributed by atoms with van der Waals surface area (Å²) in [6.45, 7) is -0.730. The van der Waals surface area contributed by atoms with E-state index >= 15 is 0 Å². The topological polar surface area (TPSA) is 91.3 Å². The predicted octanol–water partition coefficient (Wildman–Crippen LogP) is 2.74. The SMILES string of the molecule is O=S(=O)(O[C@H]1CO[C@@H](O)[C@@H](OCc2ccccc2)[C@@H]1OCc1ccccc1)C(F)(F)F. The molecule has 11 heteroatoms. The summed E-state index contributed by atoms with van der Waals surface area (Å²) >= 11 is 0. The Morgan fingerprint density at radius 3 is 1.87 bits per heavy atom. The van der Waals surface area contributed by atoms with E-state index in [-0.39, 0.29) is 13.2 Å². The lowest BCUT2D eigenvalue weighted by Gasteiger charge is -2.39. The minimum atomic E-state index is -5.92. The number of halogens is 3. The second-order valence-corrected chi connectivity index (χ2v) is 8.34. The van der Waals surface area contributed by atoms with Crippen LogP contribution in [0.3, 0.4) is 0 Å². The standard InChI is InChI=1S/C20H21F3O7S/c21-20(22,23)31(25,26)30-16-13-29-19(24)18(28-12-15-9-5-2-6-10-15)17(16)27-11-14-7-3-1-4-8-14/h1-10,16-19,24H,11-13H2/t16-,17+,18-,19+/m0/s1. The van der Waals surface area contributed by atoms with Gasteiger partial charge in [-0.05, 0) is 11.1 Å². The molecular formula is C20H21F3O7S. The summed E-state index contributed by atoms with van der Waals surface area (Å²) in [5.41, 5.74) is -4.21. The average Bonchev–Trinajstić information content (AvgIpc) is 2.73. The van der Waals surface area contributed by atoms with Crippen LogP contribution >= 0.6 is 0 Å². The molecule has 4 atom stereocenters. The van der Waals surface area contributed by atoms with Gasteiger partial charge in [-0.2, -0.15) is 21.6 Å². The van der Waals surface area contributed by atoms with Gasteiger partial charge in [0.15, 0.2) is 6.29 Å². The van der Waals surface area contributed by atoms with Crippen molar-refractivity contribution in [1.82, 2.24) is 0 Å². The first-order chi connectivity index (χ1) is 14.7. The van der Waals surface area contributed by atoms with E-state index in [9.17, 15) is 26.7 Å². The lowest BCUT2D eigenvalue weighted by molar-refractivity contribution is -0.275. The highest BCUT2D eigenvalue weighted by atomic mass is 32.2. The van der Waals surface area contributed by atoms with Crippen LogP contribution in [0.5, 0.6) is 0 Å². The molecule has 7 nitrogen and oxygen atoms in total. The maximum absolute atomic E-state index is 12.8. The second kappa shape index (κ2) is 10.1. The van der Waals surface area contributed by atoms with Gasteiger partial charge in [-0.15, -0.1) is 0 Å². The average molecular weight is 462 g/mol. The number of ether oxygens (including phenoxy) is 3. The van der Waals surface area contributed by atoms with E-state index in [1.807, 2.05) is 0 Å². The fraction of sp³-hybridized carbons (Fsp3) is 0.400. The van der Waals surface area contributed by atoms with Gasteiger partial charge in [0.2, 0.25) is 0 Å². The Hall–Kier alpha value is -2.02. The van der Waals surface area contributed by atoms with Crippen molar-refractivity contribution in [3.05, 3.63) is 71.8 Å². The zero-order valence-electron chi connectivity index (χ0n) is 16.1. The maximum Gasteiger partial charge on any atom is 0.523 e. The van der Waals surface area contributed by atoms with Crippen molar-refractivity contribution in [2.45, 2.75) is 43.3 Å². The van der Waals surface area contributed by atoms with Crippen LogP contribution in [0.25, 0.3) is 0 Å². The number of rotatable bonds is 8. The number of aliphatic hydroxyl groups is 1. The van der Waals surface area contributed by atoms with Crippen LogP contribution in [0.15, 0.2) is 60.7 Å². The van der Waals surface area contributed by atoms with E-state index in [4.69, 9.17) is 14.2 Å². The lowest BCUT2D eigenvalue weighted by atomic mass is 10.0. The zero-order valence-corrected chi connectivity index (χ0v) is 17.0. The first kappa shape index (κ1) is 23.6. The molecular weight excluding hydrogens is 441 g/mol. The molecule has 1 fully saturated rings. The zero-order chi connectivity index (χ0) is 22.5. The Morgan fingerprint density at radius 2 is 1.39 bits per heavy atom. The second-order valence-electron chi connectivity index (χ2n) is 6.78. The van der Waals surface area contributed by atoms with Crippen molar-refractivity contribution < 1.29 is 45.1 Å². The molecule has 1 N–H and O–H groups in total. The monoisotopic (exact) mass is 462 g/mol. The van der Waals surface area contributed by atoms with Gasteiger partial charge in [-0.1, -0.05) is 60.7 Å². The molecule has 1 heterocycles. The third kappa shape index (κ3) is 6.25. The molecule has 170 valence electrons. The van der Waals surface area contributed by atoms with Crippen molar-refractivity contribution >= 4 is 10.1 Å². The van der Waals surface area contributed by atoms with Gasteiger partial charge in [0.1, 0.15) is 18.3 Å². The van der Waals surface area contributed by atoms with Gasteiger partial charge >= 0.3 is 15.6 Å². The fourth-order valence-electron chi connectivity index (χ4n) is 2.97. The van der Waals surface area contributed by atoms with Crippen molar-refractivity contribution in [2.75, 3.05) is 6.61 Å². The molecule has 31 heavy (non-hydrogen) atoms. The first-order valence-electron chi connectivity index (χ1n) is 9.27. The van der Waals surface area contributed by atoms with E-state index in [1.54, 1.807) is 60.7 Å². The van der Waals surface area contributed by atoms with E-state index in [0.717, 1.165) is 5.56 Å². The molecule has 0 saturated carbocycles. The number of hydrogen-bond acceptors (Lipinski definition) is 7. The molecule has 1 saturated heterocycles. The normalized spacial score (nSPS) is 24.8. The molecule has 1 aliphatic heterocycles. The van der Waals surface area contributed by atoms with Crippen LogP contribution in [-0.4, -0.2) is 50.2 Å². The summed E-state index contributed by atoms with van der Waals surface area (Å²) in [6, 6.07) is 17.5. The molecule has 0 amide bonds. The summed E-state index contributed by atoms with van der Waals surface area (Å²) in [5.74, 6) is 0. The third-order valence-electron chi connectivity index (χ3n) is 4.51. The molecule has 2 aromatic carbocycles. The van der Waals surface area contributed by atoms with E-state index in [1.165, 1.54) is 0 Å². The van der Waals surface area contributed by atoms with Crippen molar-refractivity contribution in [2.24, 2.45) is 0 Å². The quantitative estimate of drug-likeness (QED) is 0.477. The Balaban J connectivity index is 1.80. The van der Waals surface area contributed by atoms with Gasteiger partial charge in [0, 0.05) is 0 Å². The van der Waals surface area contributed by atoms with Gasteiger partial charge in [-0.3, -0.25) is 4.18 Å². The van der Waals surface area contributed by atoms with Gasteiger partial charge in [0.25, 0.3) is 0 Å². The van der Waals surface area contributed by atoms with Gasteiger partial charge in [0.05, 0.1) is 19.8 Å². The van der Waals surface area contributed by atoms with Crippen LogP contribution in [0.4, 0.5) is 13.2 Å². The van der Waals surface area contributed by atoms with Crippen molar-refractivity contribution in [3.8, 4) is 0 Å². The first-order valence-corrected chi connectivity index (χ1v) is 10.7. The van der Waals surface area contributed by atoms with Crippen LogP contribution in [-0.2, 0) is 41.7 Å². The molecule has 0 spiro atoms. The van der Waals surface area contributed by atoms with Gasteiger partial charge < -0.3 is 19.3 Å². The molecule has 0 radical (unpaired) electrons. The number of aliphatic hydroxyl groups excluding tert-OH is 1. The van der Waals surface area contributed by atoms with Gasteiger partial charge in [-0.25, -0.2) is 0 Å². The molecule has 0 aromatic heterocycles. The third-order valence-corrected chi connectivity index (χ3v) is 5.57. The number of hydrogen-bond donors (Lipinski definition) is 1. The molecule has 1 aliphatic rings. The highest BCUT2D eigenvalue weighted by Gasteiger charge is 2.52. The lowest BCUT2D eigenvalue weighted by Crippen LogP contribution is -2.57. The number of alkyl halides is 3. The minimum Gasteiger partial charge on any atom is -0.368 e. The smallest absolute Gasteiger partial charge is 0.368 e. The molecule has 0 unspecified atom stereocenters. The summed E-state index contributed by atoms with van der Waals surface area (Å²) < 4.78 is 82.3. The van der Waals surface area contributed by atoms with Crippen molar-refractivity contribution in [1.29, 1.82) is 0 Å². The summed E-state index contributed by atoms with van der Waals surface area (Å²) in [7, 11) is -5.92. The van der Waals surface area contributed by atoms with E-state index < -0.39 is 46.8 Å². The molecule has 0 bridgehead atoms. The summed E-state index contributed by atoms with van der Waals surface area (Å²) in [4.78, 5) is 0. The van der Waals surface area contributed by atoms with E-state index in [2.05, 4.69) is 4.18 Å². The van der Waals surface area contributed by atoms with Crippen LogP contribution in [0.2, 0.25) is 0 Å².